The van der Waals surface area contributed by atoms with E-state index in [4.69, 9.17) is 10.3 Å². The van der Waals surface area contributed by atoms with Crippen LogP contribution in [0.2, 0.25) is 0 Å². The molecule has 0 aliphatic rings. The minimum Gasteiger partial charge on any atom is -0.339 e. The summed E-state index contributed by atoms with van der Waals surface area (Å²) >= 11 is 0. The van der Waals surface area contributed by atoms with Crippen LogP contribution in [0.4, 0.5) is 8.78 Å². The highest BCUT2D eigenvalue weighted by Crippen LogP contribution is 2.20. The first-order valence-corrected chi connectivity index (χ1v) is 4.69. The van der Waals surface area contributed by atoms with Gasteiger partial charge >= 0.3 is 0 Å². The van der Waals surface area contributed by atoms with E-state index in [9.17, 15) is 8.78 Å². The van der Waals surface area contributed by atoms with Crippen molar-refractivity contribution in [2.45, 2.75) is 6.42 Å². The number of nitrogens with two attached hydrogens (primary N) is 1. The molecular formula is C10H9F2N3O. The van der Waals surface area contributed by atoms with Crippen LogP contribution in [0.25, 0.3) is 11.4 Å². The summed E-state index contributed by atoms with van der Waals surface area (Å²) in [7, 11) is 0. The summed E-state index contributed by atoms with van der Waals surface area (Å²) in [6.07, 6.45) is 0.426. The first-order chi connectivity index (χ1) is 7.70. The Bertz CT molecular complexity index is 499. The highest BCUT2D eigenvalue weighted by Gasteiger charge is 2.12. The van der Waals surface area contributed by atoms with Crippen molar-refractivity contribution in [1.82, 2.24) is 10.1 Å². The van der Waals surface area contributed by atoms with Gasteiger partial charge in [-0.15, -0.1) is 0 Å². The standard InChI is InChI=1S/C10H9F2N3O/c11-6-1-2-7(8(12)5-6)10-14-9(3-4-13)16-15-10/h1-2,5H,3-4,13H2. The van der Waals surface area contributed by atoms with Crippen molar-refractivity contribution in [1.29, 1.82) is 0 Å². The fourth-order valence-electron chi connectivity index (χ4n) is 1.26. The Morgan fingerprint density at radius 3 is 2.81 bits per heavy atom. The van der Waals surface area contributed by atoms with Crippen molar-refractivity contribution in [3.8, 4) is 11.4 Å². The molecule has 1 aromatic heterocycles. The van der Waals surface area contributed by atoms with Crippen molar-refractivity contribution < 1.29 is 13.3 Å². The van der Waals surface area contributed by atoms with E-state index in [1.54, 1.807) is 0 Å². The normalized spacial score (nSPS) is 10.7. The third kappa shape index (κ3) is 2.06. The van der Waals surface area contributed by atoms with Crippen LogP contribution in [0.15, 0.2) is 22.7 Å². The SMILES string of the molecule is NCCc1nc(-c2ccc(F)cc2F)no1. The van der Waals surface area contributed by atoms with E-state index in [2.05, 4.69) is 10.1 Å². The molecule has 0 saturated carbocycles. The van der Waals surface area contributed by atoms with Crippen LogP contribution in [0.1, 0.15) is 5.89 Å². The van der Waals surface area contributed by atoms with E-state index >= 15 is 0 Å². The van der Waals surface area contributed by atoms with Gasteiger partial charge in [0, 0.05) is 19.0 Å². The van der Waals surface area contributed by atoms with Crippen molar-refractivity contribution in [2.75, 3.05) is 6.54 Å². The minimum atomic E-state index is -0.722. The molecule has 16 heavy (non-hydrogen) atoms. The Labute approximate surface area is 90.1 Å². The maximum absolute atomic E-state index is 13.3. The second kappa shape index (κ2) is 4.36. The largest absolute Gasteiger partial charge is 0.339 e. The number of benzene rings is 1. The maximum atomic E-state index is 13.3. The van der Waals surface area contributed by atoms with Crippen LogP contribution in [0.5, 0.6) is 0 Å². The molecule has 0 spiro atoms. The van der Waals surface area contributed by atoms with Gasteiger partial charge in [0.05, 0.1) is 5.56 Å². The first-order valence-electron chi connectivity index (χ1n) is 4.69. The average molecular weight is 225 g/mol. The van der Waals surface area contributed by atoms with Crippen LogP contribution >= 0.6 is 0 Å². The summed E-state index contributed by atoms with van der Waals surface area (Å²) in [5.41, 5.74) is 5.41. The Hall–Kier alpha value is -1.82. The molecule has 1 aromatic carbocycles. The third-order valence-corrected chi connectivity index (χ3v) is 2.00. The van der Waals surface area contributed by atoms with Crippen LogP contribution in [0, 0.1) is 11.6 Å². The van der Waals surface area contributed by atoms with Crippen molar-refractivity contribution in [3.63, 3.8) is 0 Å². The highest BCUT2D eigenvalue weighted by molar-refractivity contribution is 5.54. The average Bonchev–Trinajstić information content (AvgIpc) is 2.67. The molecular weight excluding hydrogens is 216 g/mol. The molecule has 0 bridgehead atoms. The highest BCUT2D eigenvalue weighted by atomic mass is 19.1. The maximum Gasteiger partial charge on any atom is 0.228 e. The van der Waals surface area contributed by atoms with Gasteiger partial charge in [0.25, 0.3) is 0 Å². The van der Waals surface area contributed by atoms with Gasteiger partial charge in [-0.1, -0.05) is 5.16 Å². The molecule has 1 heterocycles. The molecule has 6 heteroatoms. The van der Waals surface area contributed by atoms with Gasteiger partial charge in [0.15, 0.2) is 0 Å². The lowest BCUT2D eigenvalue weighted by Crippen LogP contribution is -2.02. The smallest absolute Gasteiger partial charge is 0.228 e. The molecule has 2 N–H and O–H groups in total. The van der Waals surface area contributed by atoms with Crippen molar-refractivity contribution >= 4 is 0 Å². The summed E-state index contributed by atoms with van der Waals surface area (Å²) < 4.78 is 30.9. The van der Waals surface area contributed by atoms with Gasteiger partial charge in [-0.05, 0) is 12.1 Å². The van der Waals surface area contributed by atoms with Gasteiger partial charge < -0.3 is 10.3 Å². The van der Waals surface area contributed by atoms with E-state index in [0.29, 0.717) is 18.9 Å². The Kier molecular flexibility index (Phi) is 2.91. The van der Waals surface area contributed by atoms with Gasteiger partial charge in [-0.25, -0.2) is 8.78 Å². The van der Waals surface area contributed by atoms with Crippen LogP contribution in [0.3, 0.4) is 0 Å². The molecule has 2 rings (SSSR count). The summed E-state index contributed by atoms with van der Waals surface area (Å²) in [6, 6.07) is 3.17. The van der Waals surface area contributed by atoms with Crippen molar-refractivity contribution in [3.05, 3.63) is 35.7 Å². The molecule has 0 aliphatic carbocycles. The lowest BCUT2D eigenvalue weighted by atomic mass is 10.2. The molecule has 0 unspecified atom stereocenters. The molecule has 0 fully saturated rings. The zero-order valence-electron chi connectivity index (χ0n) is 8.28. The molecule has 0 atom stereocenters. The van der Waals surface area contributed by atoms with E-state index in [-0.39, 0.29) is 11.4 Å². The number of nitrogens with zero attached hydrogens (tertiary/aromatic N) is 2. The molecule has 4 nitrogen and oxygen atoms in total. The molecule has 0 aliphatic heterocycles. The molecule has 2 aromatic rings. The third-order valence-electron chi connectivity index (χ3n) is 2.00. The minimum absolute atomic E-state index is 0.0981. The summed E-state index contributed by atoms with van der Waals surface area (Å²) in [4.78, 5) is 3.94. The van der Waals surface area contributed by atoms with E-state index < -0.39 is 11.6 Å². The monoisotopic (exact) mass is 225 g/mol. The van der Waals surface area contributed by atoms with E-state index in [1.807, 2.05) is 0 Å². The van der Waals surface area contributed by atoms with E-state index in [1.165, 1.54) is 6.07 Å². The second-order valence-electron chi connectivity index (χ2n) is 3.17. The number of rotatable bonds is 3. The van der Waals surface area contributed by atoms with Gasteiger partial charge in [0.2, 0.25) is 11.7 Å². The molecule has 0 amide bonds. The number of hydrogen-bond donors (Lipinski definition) is 1. The molecule has 0 saturated heterocycles. The Morgan fingerprint density at radius 1 is 1.31 bits per heavy atom. The number of aromatic nitrogens is 2. The zero-order valence-corrected chi connectivity index (χ0v) is 8.28. The lowest BCUT2D eigenvalue weighted by Gasteiger charge is -1.96. The quantitative estimate of drug-likeness (QED) is 0.860. The van der Waals surface area contributed by atoms with Crippen LogP contribution in [-0.2, 0) is 6.42 Å². The van der Waals surface area contributed by atoms with Crippen LogP contribution < -0.4 is 5.73 Å². The predicted molar refractivity (Wildman–Crippen MR) is 52.4 cm³/mol. The second-order valence-corrected chi connectivity index (χ2v) is 3.17. The summed E-state index contributed by atoms with van der Waals surface area (Å²) in [5.74, 6) is -0.936. The fraction of sp³-hybridized carbons (Fsp3) is 0.200. The zero-order chi connectivity index (χ0) is 11.5. The Morgan fingerprint density at radius 2 is 2.12 bits per heavy atom. The van der Waals surface area contributed by atoms with Gasteiger partial charge in [-0.3, -0.25) is 0 Å². The molecule has 0 radical (unpaired) electrons. The Balaban J connectivity index is 2.35. The van der Waals surface area contributed by atoms with Gasteiger partial charge in [0.1, 0.15) is 11.6 Å². The van der Waals surface area contributed by atoms with E-state index in [0.717, 1.165) is 12.1 Å². The number of hydrogen-bond acceptors (Lipinski definition) is 4. The summed E-state index contributed by atoms with van der Waals surface area (Å²) in [5, 5.41) is 3.59. The summed E-state index contributed by atoms with van der Waals surface area (Å²) in [6.45, 7) is 0.369. The number of halogens is 2. The van der Waals surface area contributed by atoms with Gasteiger partial charge in [-0.2, -0.15) is 4.98 Å². The fourth-order valence-corrected chi connectivity index (χ4v) is 1.26. The van der Waals surface area contributed by atoms with Crippen LogP contribution in [-0.4, -0.2) is 16.7 Å². The first kappa shape index (κ1) is 10.7. The topological polar surface area (TPSA) is 64.9 Å². The predicted octanol–water partition coefficient (Wildman–Crippen LogP) is 1.52. The molecule has 84 valence electrons. The lowest BCUT2D eigenvalue weighted by molar-refractivity contribution is 0.380. The van der Waals surface area contributed by atoms with Crippen molar-refractivity contribution in [2.24, 2.45) is 5.73 Å².